The maximum Gasteiger partial charge on any atom is 0.337 e. The van der Waals surface area contributed by atoms with Gasteiger partial charge in [0.05, 0.1) is 19.1 Å². The van der Waals surface area contributed by atoms with Crippen molar-refractivity contribution in [2.24, 2.45) is 0 Å². The van der Waals surface area contributed by atoms with Gasteiger partial charge >= 0.3 is 5.97 Å². The van der Waals surface area contributed by atoms with Gasteiger partial charge in [-0.05, 0) is 42.0 Å². The number of carbonyl (C=O) groups is 2. The number of rotatable bonds is 4. The summed E-state index contributed by atoms with van der Waals surface area (Å²) in [7, 11) is 1.33. The molecule has 2 aromatic carbocycles. The van der Waals surface area contributed by atoms with E-state index in [4.69, 9.17) is 0 Å². The van der Waals surface area contributed by atoms with E-state index in [1.54, 1.807) is 24.3 Å². The summed E-state index contributed by atoms with van der Waals surface area (Å²) >= 11 is 3.37. The number of nitrogens with one attached hydrogen (secondary N) is 1. The molecule has 1 amide bonds. The third kappa shape index (κ3) is 4.43. The van der Waals surface area contributed by atoms with Gasteiger partial charge in [0, 0.05) is 10.2 Å². The quantitative estimate of drug-likeness (QED) is 0.862. The van der Waals surface area contributed by atoms with E-state index in [0.29, 0.717) is 11.3 Å². The van der Waals surface area contributed by atoms with Crippen molar-refractivity contribution in [3.63, 3.8) is 0 Å². The lowest BCUT2D eigenvalue weighted by molar-refractivity contribution is -0.115. The summed E-state index contributed by atoms with van der Waals surface area (Å²) in [6.07, 6.45) is 0.290. The van der Waals surface area contributed by atoms with Gasteiger partial charge in [-0.25, -0.2) is 4.79 Å². The summed E-state index contributed by atoms with van der Waals surface area (Å²) in [6, 6.07) is 14.2. The second-order valence-electron chi connectivity index (χ2n) is 4.42. The standard InChI is InChI=1S/C16H14BrNO3/c1-21-16(20)12-5-7-14(8-6-12)18-15(19)10-11-3-2-4-13(17)9-11/h2-9H,10H2,1H3,(H,18,19). The molecule has 0 spiro atoms. The van der Waals surface area contributed by atoms with E-state index in [0.717, 1.165) is 10.0 Å². The zero-order chi connectivity index (χ0) is 15.2. The fraction of sp³-hybridized carbons (Fsp3) is 0.125. The molecule has 4 nitrogen and oxygen atoms in total. The van der Waals surface area contributed by atoms with Crippen LogP contribution < -0.4 is 5.32 Å². The minimum absolute atomic E-state index is 0.112. The third-order valence-electron chi connectivity index (χ3n) is 2.84. The lowest BCUT2D eigenvalue weighted by Gasteiger charge is -2.06. The summed E-state index contributed by atoms with van der Waals surface area (Å²) in [4.78, 5) is 23.3. The van der Waals surface area contributed by atoms with Gasteiger partial charge in [-0.15, -0.1) is 0 Å². The summed E-state index contributed by atoms with van der Waals surface area (Å²) < 4.78 is 5.56. The zero-order valence-electron chi connectivity index (χ0n) is 11.4. The largest absolute Gasteiger partial charge is 0.465 e. The molecule has 1 N–H and O–H groups in total. The van der Waals surface area contributed by atoms with Crippen molar-refractivity contribution in [3.05, 3.63) is 64.1 Å². The number of anilines is 1. The molecule has 0 heterocycles. The van der Waals surface area contributed by atoms with Crippen LogP contribution in [-0.4, -0.2) is 19.0 Å². The third-order valence-corrected chi connectivity index (χ3v) is 3.34. The van der Waals surface area contributed by atoms with Gasteiger partial charge in [-0.1, -0.05) is 28.1 Å². The summed E-state index contributed by atoms with van der Waals surface area (Å²) in [5.41, 5.74) is 2.01. The van der Waals surface area contributed by atoms with E-state index in [1.165, 1.54) is 7.11 Å². The van der Waals surface area contributed by atoms with Gasteiger partial charge in [0.2, 0.25) is 5.91 Å². The fourth-order valence-corrected chi connectivity index (χ4v) is 2.29. The van der Waals surface area contributed by atoms with Gasteiger partial charge in [0.25, 0.3) is 0 Å². The van der Waals surface area contributed by atoms with Crippen LogP contribution >= 0.6 is 15.9 Å². The highest BCUT2D eigenvalue weighted by Gasteiger charge is 2.07. The monoisotopic (exact) mass is 347 g/mol. The maximum atomic E-state index is 12.0. The predicted octanol–water partition coefficient (Wildman–Crippen LogP) is 3.42. The average Bonchev–Trinajstić information content (AvgIpc) is 2.47. The Balaban J connectivity index is 1.98. The van der Waals surface area contributed by atoms with E-state index in [1.807, 2.05) is 24.3 Å². The van der Waals surface area contributed by atoms with Gasteiger partial charge in [-0.2, -0.15) is 0 Å². The fourth-order valence-electron chi connectivity index (χ4n) is 1.84. The molecule has 0 saturated heterocycles. The minimum Gasteiger partial charge on any atom is -0.465 e. The Hall–Kier alpha value is -2.14. The van der Waals surface area contributed by atoms with Gasteiger partial charge < -0.3 is 10.1 Å². The lowest BCUT2D eigenvalue weighted by atomic mass is 10.1. The highest BCUT2D eigenvalue weighted by atomic mass is 79.9. The van der Waals surface area contributed by atoms with Crippen LogP contribution in [0.1, 0.15) is 15.9 Å². The van der Waals surface area contributed by atoms with Crippen molar-refractivity contribution >= 4 is 33.5 Å². The molecule has 108 valence electrons. The Kier molecular flexibility index (Phi) is 5.11. The Morgan fingerprint density at radius 3 is 2.48 bits per heavy atom. The van der Waals surface area contributed by atoms with Crippen LogP contribution in [-0.2, 0) is 16.0 Å². The SMILES string of the molecule is COC(=O)c1ccc(NC(=O)Cc2cccc(Br)c2)cc1. The van der Waals surface area contributed by atoms with Crippen molar-refractivity contribution in [1.82, 2.24) is 0 Å². The van der Waals surface area contributed by atoms with E-state index in [9.17, 15) is 9.59 Å². The smallest absolute Gasteiger partial charge is 0.337 e. The van der Waals surface area contributed by atoms with Gasteiger partial charge in [-0.3, -0.25) is 4.79 Å². The molecule has 0 aliphatic rings. The molecule has 0 aromatic heterocycles. The molecule has 2 rings (SSSR count). The van der Waals surface area contributed by atoms with Crippen LogP contribution in [0.2, 0.25) is 0 Å². The molecule has 0 aliphatic carbocycles. The lowest BCUT2D eigenvalue weighted by Crippen LogP contribution is -2.14. The number of amides is 1. The summed E-state index contributed by atoms with van der Waals surface area (Å²) in [5, 5.41) is 2.79. The van der Waals surface area contributed by atoms with E-state index in [2.05, 4.69) is 26.0 Å². The van der Waals surface area contributed by atoms with E-state index >= 15 is 0 Å². The molecule has 5 heteroatoms. The Morgan fingerprint density at radius 1 is 1.14 bits per heavy atom. The van der Waals surface area contributed by atoms with Crippen molar-refractivity contribution in [2.45, 2.75) is 6.42 Å². The van der Waals surface area contributed by atoms with Crippen LogP contribution in [0.25, 0.3) is 0 Å². The molecule has 0 radical (unpaired) electrons. The van der Waals surface area contributed by atoms with Crippen molar-refractivity contribution in [2.75, 3.05) is 12.4 Å². The van der Waals surface area contributed by atoms with E-state index in [-0.39, 0.29) is 12.3 Å². The minimum atomic E-state index is -0.401. The van der Waals surface area contributed by atoms with Gasteiger partial charge in [0.15, 0.2) is 0 Å². The van der Waals surface area contributed by atoms with Crippen LogP contribution in [0, 0.1) is 0 Å². The number of hydrogen-bond donors (Lipinski definition) is 1. The first-order chi connectivity index (χ1) is 10.1. The van der Waals surface area contributed by atoms with Gasteiger partial charge in [0.1, 0.15) is 0 Å². The number of ether oxygens (including phenoxy) is 1. The topological polar surface area (TPSA) is 55.4 Å². The molecule has 0 atom stereocenters. The maximum absolute atomic E-state index is 12.0. The molecule has 0 aliphatic heterocycles. The molecule has 2 aromatic rings. The van der Waals surface area contributed by atoms with Crippen LogP contribution in [0.4, 0.5) is 5.69 Å². The molecule has 0 fully saturated rings. The Labute approximate surface area is 131 Å². The Bertz CT molecular complexity index is 653. The zero-order valence-corrected chi connectivity index (χ0v) is 13.0. The molecule has 0 saturated carbocycles. The normalized spacial score (nSPS) is 10.0. The number of hydrogen-bond acceptors (Lipinski definition) is 3. The predicted molar refractivity (Wildman–Crippen MR) is 84.3 cm³/mol. The first-order valence-corrected chi connectivity index (χ1v) is 7.10. The van der Waals surface area contributed by atoms with Crippen molar-refractivity contribution < 1.29 is 14.3 Å². The van der Waals surface area contributed by atoms with Crippen LogP contribution in [0.3, 0.4) is 0 Å². The number of halogens is 1. The second-order valence-corrected chi connectivity index (χ2v) is 5.34. The van der Waals surface area contributed by atoms with Crippen LogP contribution in [0.5, 0.6) is 0 Å². The average molecular weight is 348 g/mol. The molecular weight excluding hydrogens is 334 g/mol. The van der Waals surface area contributed by atoms with Crippen molar-refractivity contribution in [1.29, 1.82) is 0 Å². The first kappa shape index (κ1) is 15.3. The Morgan fingerprint density at radius 2 is 1.86 bits per heavy atom. The molecule has 0 unspecified atom stereocenters. The van der Waals surface area contributed by atoms with E-state index < -0.39 is 5.97 Å². The first-order valence-electron chi connectivity index (χ1n) is 6.31. The molecular formula is C16H14BrNO3. The number of benzene rings is 2. The molecule has 0 bridgehead atoms. The number of esters is 1. The number of methoxy groups -OCH3 is 1. The summed E-state index contributed by atoms with van der Waals surface area (Å²) in [6.45, 7) is 0. The number of carbonyl (C=O) groups excluding carboxylic acids is 2. The van der Waals surface area contributed by atoms with Crippen molar-refractivity contribution in [3.8, 4) is 0 Å². The highest BCUT2D eigenvalue weighted by Crippen LogP contribution is 2.14. The second kappa shape index (κ2) is 7.04. The van der Waals surface area contributed by atoms with Crippen LogP contribution in [0.15, 0.2) is 53.0 Å². The molecule has 21 heavy (non-hydrogen) atoms. The highest BCUT2D eigenvalue weighted by molar-refractivity contribution is 9.10. The summed E-state index contributed by atoms with van der Waals surface area (Å²) in [5.74, 6) is -0.513.